The van der Waals surface area contributed by atoms with Gasteiger partial charge in [0, 0.05) is 6.42 Å². The molecule has 2 aromatic rings. The smallest absolute Gasteiger partial charge is 0.183 e. The predicted molar refractivity (Wildman–Crippen MR) is 81.3 cm³/mol. The number of nitrogens with zero attached hydrogens (tertiary/aromatic N) is 2. The first-order chi connectivity index (χ1) is 9.15. The molecule has 0 unspecified atom stereocenters. The lowest BCUT2D eigenvalue weighted by molar-refractivity contribution is 0.542. The number of furan rings is 1. The quantitative estimate of drug-likeness (QED) is 0.778. The van der Waals surface area contributed by atoms with Crippen molar-refractivity contribution in [3.05, 3.63) is 21.8 Å². The van der Waals surface area contributed by atoms with Gasteiger partial charge in [-0.05, 0) is 53.5 Å². The fourth-order valence-electron chi connectivity index (χ4n) is 1.64. The monoisotopic (exact) mass is 343 g/mol. The van der Waals surface area contributed by atoms with Crippen molar-refractivity contribution in [3.63, 3.8) is 0 Å². The summed E-state index contributed by atoms with van der Waals surface area (Å²) < 4.78 is 6.18. The number of hydrogen-bond acceptors (Lipinski definition) is 5. The molecule has 0 spiro atoms. The molecule has 0 radical (unpaired) electrons. The number of aromatic nitrogens is 2. The molecule has 0 fully saturated rings. The van der Waals surface area contributed by atoms with Crippen LogP contribution in [0, 0.1) is 5.92 Å². The summed E-state index contributed by atoms with van der Waals surface area (Å²) in [4.78, 5) is 0. The van der Waals surface area contributed by atoms with Crippen LogP contribution in [0.25, 0.3) is 10.8 Å². The SMILES string of the molecule is CC(C)CNCCCc1nnc(-c2ccc(Br)o2)s1. The number of nitrogens with one attached hydrogen (secondary N) is 1. The summed E-state index contributed by atoms with van der Waals surface area (Å²) in [5, 5.41) is 13.7. The highest BCUT2D eigenvalue weighted by atomic mass is 79.9. The van der Waals surface area contributed by atoms with E-state index in [1.54, 1.807) is 11.3 Å². The predicted octanol–water partition coefficient (Wildman–Crippen LogP) is 3.74. The van der Waals surface area contributed by atoms with Gasteiger partial charge >= 0.3 is 0 Å². The van der Waals surface area contributed by atoms with Crippen molar-refractivity contribution in [1.29, 1.82) is 0 Å². The Morgan fingerprint density at radius 2 is 2.21 bits per heavy atom. The molecule has 2 heterocycles. The lowest BCUT2D eigenvalue weighted by atomic mass is 10.2. The van der Waals surface area contributed by atoms with Crippen molar-refractivity contribution >= 4 is 27.3 Å². The molecule has 19 heavy (non-hydrogen) atoms. The van der Waals surface area contributed by atoms with Crippen molar-refractivity contribution in [2.45, 2.75) is 26.7 Å². The molecule has 1 N–H and O–H groups in total. The Labute approximate surface area is 125 Å². The summed E-state index contributed by atoms with van der Waals surface area (Å²) in [6.07, 6.45) is 2.05. The first-order valence-electron chi connectivity index (χ1n) is 6.44. The second kappa shape index (κ2) is 7.17. The maximum atomic E-state index is 5.46. The van der Waals surface area contributed by atoms with Gasteiger partial charge in [0.25, 0.3) is 0 Å². The second-order valence-corrected chi connectivity index (χ2v) is 6.65. The minimum atomic E-state index is 0.700. The molecule has 0 bridgehead atoms. The van der Waals surface area contributed by atoms with Crippen LogP contribution in [0.1, 0.15) is 25.3 Å². The molecular weight excluding hydrogens is 326 g/mol. The minimum absolute atomic E-state index is 0.700. The van der Waals surface area contributed by atoms with Crippen LogP contribution in [0.3, 0.4) is 0 Å². The van der Waals surface area contributed by atoms with Crippen LogP contribution in [-0.4, -0.2) is 23.3 Å². The molecule has 0 aliphatic carbocycles. The van der Waals surface area contributed by atoms with Crippen LogP contribution in [0.4, 0.5) is 0 Å². The van der Waals surface area contributed by atoms with Crippen molar-refractivity contribution in [2.75, 3.05) is 13.1 Å². The first kappa shape index (κ1) is 14.7. The third kappa shape index (κ3) is 4.71. The standard InChI is InChI=1S/C13H18BrN3OS/c1-9(2)8-15-7-3-4-12-16-17-13(19-12)10-5-6-11(14)18-10/h5-6,9,15H,3-4,7-8H2,1-2H3. The van der Waals surface area contributed by atoms with Gasteiger partial charge in [-0.25, -0.2) is 0 Å². The summed E-state index contributed by atoms with van der Waals surface area (Å²) in [5.74, 6) is 1.47. The van der Waals surface area contributed by atoms with Gasteiger partial charge in [-0.2, -0.15) is 0 Å². The Morgan fingerprint density at radius 1 is 1.37 bits per heavy atom. The summed E-state index contributed by atoms with van der Waals surface area (Å²) in [5.41, 5.74) is 0. The summed E-state index contributed by atoms with van der Waals surface area (Å²) in [6, 6.07) is 3.77. The highest BCUT2D eigenvalue weighted by Gasteiger charge is 2.10. The number of aryl methyl sites for hydroxylation is 1. The van der Waals surface area contributed by atoms with E-state index < -0.39 is 0 Å². The van der Waals surface area contributed by atoms with E-state index in [1.165, 1.54) is 0 Å². The van der Waals surface area contributed by atoms with Crippen LogP contribution in [0.5, 0.6) is 0 Å². The maximum Gasteiger partial charge on any atom is 0.183 e. The van der Waals surface area contributed by atoms with Crippen LogP contribution >= 0.6 is 27.3 Å². The van der Waals surface area contributed by atoms with Crippen molar-refractivity contribution in [1.82, 2.24) is 15.5 Å². The van der Waals surface area contributed by atoms with E-state index in [1.807, 2.05) is 12.1 Å². The second-order valence-electron chi connectivity index (χ2n) is 4.81. The Morgan fingerprint density at radius 3 is 2.89 bits per heavy atom. The molecule has 0 saturated carbocycles. The van der Waals surface area contributed by atoms with E-state index in [4.69, 9.17) is 4.42 Å². The van der Waals surface area contributed by atoms with Crippen molar-refractivity contribution in [2.24, 2.45) is 5.92 Å². The zero-order valence-electron chi connectivity index (χ0n) is 11.1. The lowest BCUT2D eigenvalue weighted by Crippen LogP contribution is -2.21. The molecule has 0 aromatic carbocycles. The Balaban J connectivity index is 1.78. The summed E-state index contributed by atoms with van der Waals surface area (Å²) in [7, 11) is 0. The van der Waals surface area contributed by atoms with Gasteiger partial charge in [-0.1, -0.05) is 25.2 Å². The Hall–Kier alpha value is -0.720. The van der Waals surface area contributed by atoms with Crippen LogP contribution in [0.2, 0.25) is 0 Å². The third-order valence-electron chi connectivity index (χ3n) is 2.55. The van der Waals surface area contributed by atoms with Gasteiger partial charge in [-0.3, -0.25) is 0 Å². The molecule has 0 aliphatic rings. The minimum Gasteiger partial charge on any atom is -0.447 e. The zero-order chi connectivity index (χ0) is 13.7. The molecule has 4 nitrogen and oxygen atoms in total. The number of halogens is 1. The number of rotatable bonds is 7. The van der Waals surface area contributed by atoms with Crippen molar-refractivity contribution in [3.8, 4) is 10.8 Å². The number of hydrogen-bond donors (Lipinski definition) is 1. The zero-order valence-corrected chi connectivity index (χ0v) is 13.6. The topological polar surface area (TPSA) is 51.0 Å². The normalized spacial score (nSPS) is 11.4. The van der Waals surface area contributed by atoms with E-state index in [2.05, 4.69) is 45.3 Å². The van der Waals surface area contributed by atoms with E-state index >= 15 is 0 Å². The molecule has 0 aliphatic heterocycles. The fourth-order valence-corrected chi connectivity index (χ4v) is 2.79. The summed E-state index contributed by atoms with van der Waals surface area (Å²) >= 11 is 4.89. The molecule has 104 valence electrons. The van der Waals surface area contributed by atoms with Gasteiger partial charge < -0.3 is 9.73 Å². The van der Waals surface area contributed by atoms with Crippen LogP contribution in [-0.2, 0) is 6.42 Å². The van der Waals surface area contributed by atoms with Gasteiger partial charge in [-0.15, -0.1) is 10.2 Å². The van der Waals surface area contributed by atoms with Gasteiger partial charge in [0.1, 0.15) is 5.01 Å². The molecule has 6 heteroatoms. The van der Waals surface area contributed by atoms with Crippen LogP contribution in [0.15, 0.2) is 21.2 Å². The highest BCUT2D eigenvalue weighted by molar-refractivity contribution is 9.10. The Kier molecular flexibility index (Phi) is 5.54. The first-order valence-corrected chi connectivity index (χ1v) is 8.05. The van der Waals surface area contributed by atoms with Gasteiger partial charge in [0.05, 0.1) is 0 Å². The van der Waals surface area contributed by atoms with E-state index in [0.717, 1.165) is 46.4 Å². The van der Waals surface area contributed by atoms with Gasteiger partial charge in [0.2, 0.25) is 0 Å². The molecule has 0 amide bonds. The van der Waals surface area contributed by atoms with E-state index in [-0.39, 0.29) is 0 Å². The largest absolute Gasteiger partial charge is 0.447 e. The van der Waals surface area contributed by atoms with Gasteiger partial charge in [0.15, 0.2) is 15.4 Å². The van der Waals surface area contributed by atoms with Crippen molar-refractivity contribution < 1.29 is 4.42 Å². The maximum absolute atomic E-state index is 5.46. The molecular formula is C13H18BrN3OS. The van der Waals surface area contributed by atoms with E-state index in [0.29, 0.717) is 5.92 Å². The third-order valence-corrected chi connectivity index (χ3v) is 3.97. The Bertz CT molecular complexity index is 509. The molecule has 0 atom stereocenters. The molecule has 0 saturated heterocycles. The average Bonchev–Trinajstić information content (AvgIpc) is 2.97. The average molecular weight is 344 g/mol. The van der Waals surface area contributed by atoms with E-state index in [9.17, 15) is 0 Å². The molecule has 2 aromatic heterocycles. The van der Waals surface area contributed by atoms with Crippen LogP contribution < -0.4 is 5.32 Å². The lowest BCUT2D eigenvalue weighted by Gasteiger charge is -2.05. The fraction of sp³-hybridized carbons (Fsp3) is 0.538. The highest BCUT2D eigenvalue weighted by Crippen LogP contribution is 2.27. The summed E-state index contributed by atoms with van der Waals surface area (Å²) in [6.45, 7) is 6.53. The molecule has 2 rings (SSSR count).